The van der Waals surface area contributed by atoms with Gasteiger partial charge >= 0.3 is 0 Å². The molecule has 7 heteroatoms. The van der Waals surface area contributed by atoms with Gasteiger partial charge in [-0.2, -0.15) is 4.31 Å². The van der Waals surface area contributed by atoms with Crippen LogP contribution in [0.3, 0.4) is 0 Å². The number of nitrogens with zero attached hydrogens (tertiary/aromatic N) is 2. The molecule has 17 heavy (non-hydrogen) atoms. The highest BCUT2D eigenvalue weighted by atomic mass is 79.9. The van der Waals surface area contributed by atoms with Crippen molar-refractivity contribution in [3.8, 4) is 0 Å². The smallest absolute Gasteiger partial charge is 0.222 e. The number of carbonyl (C=O) groups is 1. The van der Waals surface area contributed by atoms with E-state index in [-0.39, 0.29) is 5.91 Å². The summed E-state index contributed by atoms with van der Waals surface area (Å²) in [6.45, 7) is 1.87. The summed E-state index contributed by atoms with van der Waals surface area (Å²) in [5, 5.41) is 0.919. The summed E-state index contributed by atoms with van der Waals surface area (Å²) >= 11 is 3.33. The van der Waals surface area contributed by atoms with E-state index in [0.717, 1.165) is 18.2 Å². The standard InChI is InChI=1S/C10H19BrN2O3S/c1-17(15,16)13-8-6-12(7-9-13)10(14)4-2-3-5-11/h2-9H2,1H3. The number of hydrogen-bond acceptors (Lipinski definition) is 3. The molecule has 1 amide bonds. The minimum atomic E-state index is -3.11. The summed E-state index contributed by atoms with van der Waals surface area (Å²) in [5.74, 6) is 0.138. The number of sulfonamides is 1. The normalized spacial score (nSPS) is 18.4. The highest BCUT2D eigenvalue weighted by molar-refractivity contribution is 9.09. The van der Waals surface area contributed by atoms with Crippen LogP contribution in [0.2, 0.25) is 0 Å². The number of piperazine rings is 1. The highest BCUT2D eigenvalue weighted by Gasteiger charge is 2.25. The van der Waals surface area contributed by atoms with Gasteiger partial charge in [0.15, 0.2) is 0 Å². The Hall–Kier alpha value is -0.140. The monoisotopic (exact) mass is 326 g/mol. The van der Waals surface area contributed by atoms with Crippen LogP contribution in [-0.4, -0.2) is 61.3 Å². The average molecular weight is 327 g/mol. The molecule has 0 aromatic heterocycles. The van der Waals surface area contributed by atoms with Gasteiger partial charge in [0.1, 0.15) is 0 Å². The third kappa shape index (κ3) is 4.93. The molecule has 0 atom stereocenters. The molecular weight excluding hydrogens is 308 g/mol. The second-order valence-corrected chi connectivity index (χ2v) is 6.96. The topological polar surface area (TPSA) is 57.7 Å². The predicted molar refractivity (Wildman–Crippen MR) is 70.6 cm³/mol. The molecule has 0 unspecified atom stereocenters. The molecule has 0 saturated carbocycles. The van der Waals surface area contributed by atoms with Crippen LogP contribution >= 0.6 is 15.9 Å². The van der Waals surface area contributed by atoms with Crippen LogP contribution in [0.4, 0.5) is 0 Å². The zero-order valence-electron chi connectivity index (χ0n) is 10.1. The molecule has 0 aromatic carbocycles. The van der Waals surface area contributed by atoms with Crippen molar-refractivity contribution in [1.29, 1.82) is 0 Å². The fourth-order valence-electron chi connectivity index (χ4n) is 1.80. The number of carbonyl (C=O) groups excluding carboxylic acids is 1. The lowest BCUT2D eigenvalue weighted by Gasteiger charge is -2.33. The molecule has 1 aliphatic rings. The van der Waals surface area contributed by atoms with E-state index in [0.29, 0.717) is 32.6 Å². The fourth-order valence-corrected chi connectivity index (χ4v) is 3.02. The molecule has 5 nitrogen and oxygen atoms in total. The van der Waals surface area contributed by atoms with E-state index < -0.39 is 10.0 Å². The van der Waals surface area contributed by atoms with Gasteiger partial charge in [-0.3, -0.25) is 4.79 Å². The number of unbranched alkanes of at least 4 members (excludes halogenated alkanes) is 1. The van der Waals surface area contributed by atoms with Crippen molar-refractivity contribution in [2.45, 2.75) is 19.3 Å². The highest BCUT2D eigenvalue weighted by Crippen LogP contribution is 2.09. The first-order chi connectivity index (χ1) is 7.95. The van der Waals surface area contributed by atoms with Gasteiger partial charge in [-0.05, 0) is 12.8 Å². The van der Waals surface area contributed by atoms with Crippen molar-refractivity contribution in [2.24, 2.45) is 0 Å². The molecule has 100 valence electrons. The van der Waals surface area contributed by atoms with Gasteiger partial charge in [0.2, 0.25) is 15.9 Å². The minimum Gasteiger partial charge on any atom is -0.340 e. The van der Waals surface area contributed by atoms with E-state index >= 15 is 0 Å². The molecule has 1 rings (SSSR count). The molecule has 0 aliphatic carbocycles. The van der Waals surface area contributed by atoms with E-state index in [1.165, 1.54) is 10.6 Å². The van der Waals surface area contributed by atoms with E-state index in [9.17, 15) is 13.2 Å². The Morgan fingerprint density at radius 2 is 1.76 bits per heavy atom. The van der Waals surface area contributed by atoms with Gasteiger partial charge in [-0.15, -0.1) is 0 Å². The number of alkyl halides is 1. The molecule has 1 fully saturated rings. The van der Waals surface area contributed by atoms with E-state index in [4.69, 9.17) is 0 Å². The van der Waals surface area contributed by atoms with E-state index in [1.54, 1.807) is 4.90 Å². The molecular formula is C10H19BrN2O3S. The van der Waals surface area contributed by atoms with Crippen molar-refractivity contribution in [3.63, 3.8) is 0 Å². The SMILES string of the molecule is CS(=O)(=O)N1CCN(C(=O)CCCCBr)CC1. The van der Waals surface area contributed by atoms with Gasteiger partial charge in [0, 0.05) is 37.9 Å². The molecule has 1 saturated heterocycles. The Balaban J connectivity index is 2.34. The van der Waals surface area contributed by atoms with Gasteiger partial charge in [-0.1, -0.05) is 15.9 Å². The third-order valence-corrected chi connectivity index (χ3v) is 4.70. The Morgan fingerprint density at radius 1 is 1.18 bits per heavy atom. The van der Waals surface area contributed by atoms with Crippen LogP contribution in [0.15, 0.2) is 0 Å². The second-order valence-electron chi connectivity index (χ2n) is 4.19. The molecule has 1 aliphatic heterocycles. The number of rotatable bonds is 5. The third-order valence-electron chi connectivity index (χ3n) is 2.83. The summed E-state index contributed by atoms with van der Waals surface area (Å²) in [6, 6.07) is 0. The predicted octanol–water partition coefficient (Wildman–Crippen LogP) is 0.655. The number of amides is 1. The van der Waals surface area contributed by atoms with Crippen LogP contribution in [-0.2, 0) is 14.8 Å². The van der Waals surface area contributed by atoms with Crippen molar-refractivity contribution < 1.29 is 13.2 Å². The van der Waals surface area contributed by atoms with Crippen molar-refractivity contribution in [1.82, 2.24) is 9.21 Å². The van der Waals surface area contributed by atoms with Gasteiger partial charge < -0.3 is 4.90 Å². The first-order valence-corrected chi connectivity index (χ1v) is 8.71. The quantitative estimate of drug-likeness (QED) is 0.550. The maximum atomic E-state index is 11.8. The van der Waals surface area contributed by atoms with Crippen LogP contribution in [0.25, 0.3) is 0 Å². The Labute approximate surface area is 111 Å². The van der Waals surface area contributed by atoms with Gasteiger partial charge in [0.25, 0.3) is 0 Å². The summed E-state index contributed by atoms with van der Waals surface area (Å²) in [4.78, 5) is 13.5. The van der Waals surface area contributed by atoms with Crippen LogP contribution in [0.1, 0.15) is 19.3 Å². The maximum Gasteiger partial charge on any atom is 0.222 e. The first-order valence-electron chi connectivity index (χ1n) is 5.74. The average Bonchev–Trinajstić information content (AvgIpc) is 2.28. The zero-order chi connectivity index (χ0) is 12.9. The van der Waals surface area contributed by atoms with Crippen molar-refractivity contribution in [3.05, 3.63) is 0 Å². The minimum absolute atomic E-state index is 0.138. The van der Waals surface area contributed by atoms with E-state index in [2.05, 4.69) is 15.9 Å². The fraction of sp³-hybridized carbons (Fsp3) is 0.900. The summed E-state index contributed by atoms with van der Waals surface area (Å²) < 4.78 is 24.0. The van der Waals surface area contributed by atoms with E-state index in [1.807, 2.05) is 0 Å². The lowest BCUT2D eigenvalue weighted by atomic mass is 10.2. The number of halogens is 1. The van der Waals surface area contributed by atoms with Gasteiger partial charge in [-0.25, -0.2) is 8.42 Å². The number of hydrogen-bond donors (Lipinski definition) is 0. The lowest BCUT2D eigenvalue weighted by Crippen LogP contribution is -2.50. The molecule has 0 N–H and O–H groups in total. The Bertz CT molecular complexity index is 351. The molecule has 0 radical (unpaired) electrons. The molecule has 0 spiro atoms. The largest absolute Gasteiger partial charge is 0.340 e. The Kier molecular flexibility index (Phi) is 5.88. The summed E-state index contributed by atoms with van der Waals surface area (Å²) in [7, 11) is -3.11. The Morgan fingerprint density at radius 3 is 2.24 bits per heavy atom. The summed E-state index contributed by atoms with van der Waals surface area (Å²) in [6.07, 6.45) is 3.65. The zero-order valence-corrected chi connectivity index (χ0v) is 12.5. The maximum absolute atomic E-state index is 11.8. The van der Waals surface area contributed by atoms with Crippen LogP contribution in [0.5, 0.6) is 0 Å². The molecule has 0 aromatic rings. The van der Waals surface area contributed by atoms with Crippen LogP contribution < -0.4 is 0 Å². The molecule has 1 heterocycles. The van der Waals surface area contributed by atoms with Crippen molar-refractivity contribution >= 4 is 31.9 Å². The second kappa shape index (κ2) is 6.70. The lowest BCUT2D eigenvalue weighted by molar-refractivity contribution is -0.132. The van der Waals surface area contributed by atoms with Gasteiger partial charge in [0.05, 0.1) is 6.26 Å². The van der Waals surface area contributed by atoms with Crippen molar-refractivity contribution in [2.75, 3.05) is 37.8 Å². The van der Waals surface area contributed by atoms with Crippen LogP contribution in [0, 0.1) is 0 Å². The first kappa shape index (κ1) is 14.9. The summed E-state index contributed by atoms with van der Waals surface area (Å²) in [5.41, 5.74) is 0. The molecule has 0 bridgehead atoms.